The molecule has 1 aliphatic rings. The average Bonchev–Trinajstić information content (AvgIpc) is 2.95. The van der Waals surface area contributed by atoms with Crippen LogP contribution >= 0.6 is 0 Å². The van der Waals surface area contributed by atoms with Gasteiger partial charge in [0, 0.05) is 13.1 Å². The Hall–Kier alpha value is -1.85. The van der Waals surface area contributed by atoms with Gasteiger partial charge in [-0.3, -0.25) is 10.1 Å². The van der Waals surface area contributed by atoms with Gasteiger partial charge in [-0.2, -0.15) is 0 Å². The van der Waals surface area contributed by atoms with Crippen molar-refractivity contribution in [3.63, 3.8) is 0 Å². The molecule has 2 N–H and O–H groups in total. The highest BCUT2D eigenvalue weighted by Gasteiger charge is 2.45. The smallest absolute Gasteiger partial charge is 0.276 e. The SMILES string of the molecule is CCNc1cc([N+](=O)[O-])cc(NCC2CC2(C)C)n1. The first kappa shape index (κ1) is 13.6. The van der Waals surface area contributed by atoms with Gasteiger partial charge in [-0.05, 0) is 24.7 Å². The zero-order chi connectivity index (χ0) is 14.0. The summed E-state index contributed by atoms with van der Waals surface area (Å²) in [5, 5.41) is 17.1. The van der Waals surface area contributed by atoms with Gasteiger partial charge < -0.3 is 10.6 Å². The fourth-order valence-electron chi connectivity index (χ4n) is 2.14. The molecule has 1 heterocycles. The third-order valence-corrected chi connectivity index (χ3v) is 3.63. The summed E-state index contributed by atoms with van der Waals surface area (Å²) in [6.45, 7) is 7.88. The summed E-state index contributed by atoms with van der Waals surface area (Å²) in [6.07, 6.45) is 1.19. The normalized spacial score (nSPS) is 19.8. The minimum Gasteiger partial charge on any atom is -0.370 e. The fraction of sp³-hybridized carbons (Fsp3) is 0.615. The van der Waals surface area contributed by atoms with Crippen molar-refractivity contribution >= 4 is 17.3 Å². The molecule has 0 aliphatic heterocycles. The number of anilines is 2. The largest absolute Gasteiger partial charge is 0.370 e. The van der Waals surface area contributed by atoms with Crippen molar-refractivity contribution in [2.24, 2.45) is 11.3 Å². The van der Waals surface area contributed by atoms with Crippen molar-refractivity contribution in [1.29, 1.82) is 0 Å². The summed E-state index contributed by atoms with van der Waals surface area (Å²) in [7, 11) is 0. The predicted octanol–water partition coefficient (Wildman–Crippen LogP) is 2.88. The van der Waals surface area contributed by atoms with Gasteiger partial charge in [-0.1, -0.05) is 13.8 Å². The molecule has 1 fully saturated rings. The lowest BCUT2D eigenvalue weighted by atomic mass is 10.1. The molecule has 1 unspecified atom stereocenters. The summed E-state index contributed by atoms with van der Waals surface area (Å²) in [4.78, 5) is 14.8. The standard InChI is InChI=1S/C13H20N4O2/c1-4-14-11-5-10(17(18)19)6-12(16-11)15-8-9-7-13(9,2)3/h5-6,9H,4,7-8H2,1-3H3,(H2,14,15,16). The van der Waals surface area contributed by atoms with Crippen LogP contribution in [0.25, 0.3) is 0 Å². The quantitative estimate of drug-likeness (QED) is 0.610. The van der Waals surface area contributed by atoms with Crippen molar-refractivity contribution in [3.8, 4) is 0 Å². The average molecular weight is 264 g/mol. The molecule has 1 saturated carbocycles. The lowest BCUT2D eigenvalue weighted by Gasteiger charge is -2.09. The highest BCUT2D eigenvalue weighted by atomic mass is 16.6. The van der Waals surface area contributed by atoms with Crippen molar-refractivity contribution in [1.82, 2.24) is 4.98 Å². The number of rotatable bonds is 6. The van der Waals surface area contributed by atoms with Crippen molar-refractivity contribution < 1.29 is 4.92 Å². The van der Waals surface area contributed by atoms with E-state index in [0.717, 1.165) is 6.54 Å². The third kappa shape index (κ3) is 3.33. The molecule has 0 spiro atoms. The Labute approximate surface area is 112 Å². The van der Waals surface area contributed by atoms with E-state index in [0.29, 0.717) is 29.5 Å². The zero-order valence-corrected chi connectivity index (χ0v) is 11.6. The molecule has 0 bridgehead atoms. The molecule has 0 saturated heterocycles. The van der Waals surface area contributed by atoms with Crippen LogP contribution in [0.15, 0.2) is 12.1 Å². The Morgan fingerprint density at radius 1 is 1.42 bits per heavy atom. The molecule has 1 aliphatic carbocycles. The van der Waals surface area contributed by atoms with E-state index in [1.165, 1.54) is 18.6 Å². The van der Waals surface area contributed by atoms with Crippen molar-refractivity contribution in [3.05, 3.63) is 22.2 Å². The molecule has 6 nitrogen and oxygen atoms in total. The molecule has 1 aromatic heterocycles. The summed E-state index contributed by atoms with van der Waals surface area (Å²) < 4.78 is 0. The molecular formula is C13H20N4O2. The first-order chi connectivity index (χ1) is 8.92. The Morgan fingerprint density at radius 2 is 2.00 bits per heavy atom. The molecule has 1 aromatic rings. The van der Waals surface area contributed by atoms with E-state index in [2.05, 4.69) is 29.5 Å². The van der Waals surface area contributed by atoms with E-state index in [-0.39, 0.29) is 5.69 Å². The number of aromatic nitrogens is 1. The van der Waals surface area contributed by atoms with Gasteiger partial charge in [0.2, 0.25) is 0 Å². The van der Waals surface area contributed by atoms with E-state index < -0.39 is 4.92 Å². The van der Waals surface area contributed by atoms with Crippen LogP contribution in [0.4, 0.5) is 17.3 Å². The first-order valence-corrected chi connectivity index (χ1v) is 6.56. The second kappa shape index (κ2) is 5.03. The molecule has 19 heavy (non-hydrogen) atoms. The Morgan fingerprint density at radius 3 is 2.47 bits per heavy atom. The van der Waals surface area contributed by atoms with E-state index in [9.17, 15) is 10.1 Å². The van der Waals surface area contributed by atoms with Crippen LogP contribution in [-0.2, 0) is 0 Å². The van der Waals surface area contributed by atoms with E-state index >= 15 is 0 Å². The van der Waals surface area contributed by atoms with E-state index in [1.807, 2.05) is 6.92 Å². The van der Waals surface area contributed by atoms with Crippen LogP contribution in [-0.4, -0.2) is 23.0 Å². The highest BCUT2D eigenvalue weighted by Crippen LogP contribution is 2.51. The summed E-state index contributed by atoms with van der Waals surface area (Å²) in [5.41, 5.74) is 0.446. The molecule has 2 rings (SSSR count). The zero-order valence-electron chi connectivity index (χ0n) is 11.6. The van der Waals surface area contributed by atoms with Crippen molar-refractivity contribution in [2.75, 3.05) is 23.7 Å². The van der Waals surface area contributed by atoms with Gasteiger partial charge in [0.25, 0.3) is 5.69 Å². The monoisotopic (exact) mass is 264 g/mol. The van der Waals surface area contributed by atoms with Crippen LogP contribution in [0.2, 0.25) is 0 Å². The number of nitro groups is 1. The van der Waals surface area contributed by atoms with Gasteiger partial charge in [-0.25, -0.2) is 4.98 Å². The fourth-order valence-corrected chi connectivity index (χ4v) is 2.14. The molecule has 6 heteroatoms. The van der Waals surface area contributed by atoms with Gasteiger partial charge in [0.15, 0.2) is 0 Å². The van der Waals surface area contributed by atoms with Gasteiger partial charge in [-0.15, -0.1) is 0 Å². The maximum Gasteiger partial charge on any atom is 0.276 e. The highest BCUT2D eigenvalue weighted by molar-refractivity contribution is 5.54. The lowest BCUT2D eigenvalue weighted by Crippen LogP contribution is -2.10. The maximum absolute atomic E-state index is 10.9. The minimum absolute atomic E-state index is 0.0588. The molecule has 0 amide bonds. The number of hydrogen-bond donors (Lipinski definition) is 2. The molecule has 0 radical (unpaired) electrons. The molecule has 0 aromatic carbocycles. The molecule has 104 valence electrons. The van der Waals surface area contributed by atoms with Gasteiger partial charge in [0.05, 0.1) is 17.1 Å². The minimum atomic E-state index is -0.394. The summed E-state index contributed by atoms with van der Waals surface area (Å²) in [5.74, 6) is 1.72. The lowest BCUT2D eigenvalue weighted by molar-refractivity contribution is -0.384. The topological polar surface area (TPSA) is 80.1 Å². The summed E-state index contributed by atoms with van der Waals surface area (Å²) >= 11 is 0. The number of hydrogen-bond acceptors (Lipinski definition) is 5. The predicted molar refractivity (Wildman–Crippen MR) is 75.4 cm³/mol. The Kier molecular flexibility index (Phi) is 3.59. The van der Waals surface area contributed by atoms with Crippen LogP contribution in [0, 0.1) is 21.4 Å². The second-order valence-corrected chi connectivity index (χ2v) is 5.65. The van der Waals surface area contributed by atoms with Crippen LogP contribution in [0.3, 0.4) is 0 Å². The van der Waals surface area contributed by atoms with Gasteiger partial charge in [0.1, 0.15) is 11.6 Å². The number of nitrogens with zero attached hydrogens (tertiary/aromatic N) is 2. The summed E-state index contributed by atoms with van der Waals surface area (Å²) in [6, 6.07) is 2.94. The maximum atomic E-state index is 10.9. The van der Waals surface area contributed by atoms with Gasteiger partial charge >= 0.3 is 0 Å². The van der Waals surface area contributed by atoms with E-state index in [4.69, 9.17) is 0 Å². The number of nitrogens with one attached hydrogen (secondary N) is 2. The van der Waals surface area contributed by atoms with Crippen molar-refractivity contribution in [2.45, 2.75) is 27.2 Å². The second-order valence-electron chi connectivity index (χ2n) is 5.65. The first-order valence-electron chi connectivity index (χ1n) is 6.56. The molecular weight excluding hydrogens is 244 g/mol. The third-order valence-electron chi connectivity index (χ3n) is 3.63. The number of pyridine rings is 1. The Bertz CT molecular complexity index is 488. The van der Waals surface area contributed by atoms with E-state index in [1.54, 1.807) is 0 Å². The van der Waals surface area contributed by atoms with Crippen LogP contribution in [0.1, 0.15) is 27.2 Å². The Balaban J connectivity index is 2.08. The van der Waals surface area contributed by atoms with Crippen LogP contribution < -0.4 is 10.6 Å². The van der Waals surface area contributed by atoms with Crippen LogP contribution in [0.5, 0.6) is 0 Å². The molecule has 1 atom stereocenters.